The first-order valence-corrected chi connectivity index (χ1v) is 9.32. The molecule has 7 nitrogen and oxygen atoms in total. The summed E-state index contributed by atoms with van der Waals surface area (Å²) in [7, 11) is 0. The molecule has 0 aliphatic carbocycles. The molecule has 0 unspecified atom stereocenters. The lowest BCUT2D eigenvalue weighted by Gasteiger charge is -2.19. The fourth-order valence-corrected chi connectivity index (χ4v) is 2.00. The van der Waals surface area contributed by atoms with Crippen LogP contribution in [0.2, 0.25) is 0 Å². The van der Waals surface area contributed by atoms with Crippen LogP contribution in [0.4, 0.5) is 16.2 Å². The number of nitrogens with one attached hydrogen (secondary N) is 3. The fourth-order valence-electron chi connectivity index (χ4n) is 2.00. The first kappa shape index (κ1) is 23.2. The molecule has 0 aliphatic heterocycles. The smallest absolute Gasteiger partial charge is 0.407 e. The zero-order valence-electron chi connectivity index (χ0n) is 17.5. The van der Waals surface area contributed by atoms with E-state index < -0.39 is 11.7 Å². The van der Waals surface area contributed by atoms with E-state index in [4.69, 9.17) is 4.74 Å². The van der Waals surface area contributed by atoms with E-state index >= 15 is 0 Å². The quantitative estimate of drug-likeness (QED) is 0.612. The van der Waals surface area contributed by atoms with Crippen molar-refractivity contribution in [2.24, 2.45) is 5.92 Å². The lowest BCUT2D eigenvalue weighted by atomic mass is 10.1. The molecule has 1 aromatic rings. The summed E-state index contributed by atoms with van der Waals surface area (Å²) in [6, 6.07) is 6.83. The SMILES string of the molecule is C/C(=C\C(=O)Nc1ccc(NC(=O)CCNC(=O)OC(C)(C)C)cc1)C(C)C. The zero-order chi connectivity index (χ0) is 21.3. The number of alkyl carbamates (subject to hydrolysis) is 1. The number of benzene rings is 1. The molecule has 7 heteroatoms. The summed E-state index contributed by atoms with van der Waals surface area (Å²) in [6.07, 6.45) is 1.15. The highest BCUT2D eigenvalue weighted by molar-refractivity contribution is 6.00. The molecular formula is C21H31N3O4. The van der Waals surface area contributed by atoms with Crippen molar-refractivity contribution >= 4 is 29.3 Å². The molecule has 0 radical (unpaired) electrons. The maximum absolute atomic E-state index is 11.9. The van der Waals surface area contributed by atoms with Crippen molar-refractivity contribution in [1.82, 2.24) is 5.32 Å². The normalized spacial score (nSPS) is 11.8. The predicted octanol–water partition coefficient (Wildman–Crippen LogP) is 4.08. The molecule has 1 aromatic carbocycles. The summed E-state index contributed by atoms with van der Waals surface area (Å²) in [5.74, 6) is -0.104. The Morgan fingerprint density at radius 3 is 2.07 bits per heavy atom. The summed E-state index contributed by atoms with van der Waals surface area (Å²) in [5.41, 5.74) is 1.67. The number of allylic oxidation sites excluding steroid dienone is 1. The van der Waals surface area contributed by atoms with E-state index in [1.54, 1.807) is 51.1 Å². The van der Waals surface area contributed by atoms with Gasteiger partial charge in [-0.15, -0.1) is 0 Å². The van der Waals surface area contributed by atoms with Gasteiger partial charge in [0.1, 0.15) is 5.60 Å². The van der Waals surface area contributed by atoms with Crippen LogP contribution in [0.25, 0.3) is 0 Å². The van der Waals surface area contributed by atoms with Crippen LogP contribution in [0.3, 0.4) is 0 Å². The van der Waals surface area contributed by atoms with Crippen LogP contribution in [0.15, 0.2) is 35.9 Å². The molecule has 0 bridgehead atoms. The Kier molecular flexibility index (Phi) is 8.70. The fraction of sp³-hybridized carbons (Fsp3) is 0.476. The Morgan fingerprint density at radius 2 is 1.57 bits per heavy atom. The minimum Gasteiger partial charge on any atom is -0.444 e. The number of ether oxygens (including phenoxy) is 1. The summed E-state index contributed by atoms with van der Waals surface area (Å²) in [4.78, 5) is 35.4. The predicted molar refractivity (Wildman–Crippen MR) is 111 cm³/mol. The molecule has 0 aromatic heterocycles. The number of hydrogen-bond donors (Lipinski definition) is 3. The largest absolute Gasteiger partial charge is 0.444 e. The number of anilines is 2. The molecule has 0 spiro atoms. The van der Waals surface area contributed by atoms with Crippen molar-refractivity contribution < 1.29 is 19.1 Å². The molecule has 0 aliphatic rings. The maximum Gasteiger partial charge on any atom is 0.407 e. The van der Waals surface area contributed by atoms with Gasteiger partial charge >= 0.3 is 6.09 Å². The van der Waals surface area contributed by atoms with Gasteiger partial charge in [0, 0.05) is 30.4 Å². The van der Waals surface area contributed by atoms with E-state index in [0.29, 0.717) is 17.3 Å². The zero-order valence-corrected chi connectivity index (χ0v) is 17.5. The van der Waals surface area contributed by atoms with Crippen LogP contribution in [-0.2, 0) is 14.3 Å². The minimum atomic E-state index is -0.577. The van der Waals surface area contributed by atoms with Gasteiger partial charge in [-0.25, -0.2) is 4.79 Å². The third kappa shape index (κ3) is 9.75. The Labute approximate surface area is 166 Å². The summed E-state index contributed by atoms with van der Waals surface area (Å²) in [5, 5.41) is 8.06. The van der Waals surface area contributed by atoms with Crippen molar-refractivity contribution in [3.05, 3.63) is 35.9 Å². The molecule has 0 fully saturated rings. The van der Waals surface area contributed by atoms with Gasteiger partial charge in [-0.05, 0) is 57.9 Å². The second kappa shape index (κ2) is 10.5. The summed E-state index contributed by atoms with van der Waals surface area (Å²) >= 11 is 0. The van der Waals surface area contributed by atoms with Crippen LogP contribution in [0.5, 0.6) is 0 Å². The van der Waals surface area contributed by atoms with Crippen LogP contribution in [0.1, 0.15) is 48.0 Å². The molecule has 3 N–H and O–H groups in total. The topological polar surface area (TPSA) is 96.5 Å². The van der Waals surface area contributed by atoms with Gasteiger partial charge in [-0.2, -0.15) is 0 Å². The highest BCUT2D eigenvalue weighted by Crippen LogP contribution is 2.15. The van der Waals surface area contributed by atoms with Gasteiger partial charge in [0.15, 0.2) is 0 Å². The number of carbonyl (C=O) groups is 3. The number of carbonyl (C=O) groups excluding carboxylic acids is 3. The van der Waals surface area contributed by atoms with Gasteiger partial charge in [-0.3, -0.25) is 9.59 Å². The van der Waals surface area contributed by atoms with Gasteiger partial charge in [0.05, 0.1) is 0 Å². The third-order valence-corrected chi connectivity index (χ3v) is 3.73. The van der Waals surface area contributed by atoms with Crippen LogP contribution in [0, 0.1) is 5.92 Å². The van der Waals surface area contributed by atoms with Crippen molar-refractivity contribution in [2.75, 3.05) is 17.2 Å². The Bertz CT molecular complexity index is 716. The lowest BCUT2D eigenvalue weighted by molar-refractivity contribution is -0.116. The Hall–Kier alpha value is -2.83. The highest BCUT2D eigenvalue weighted by Gasteiger charge is 2.15. The van der Waals surface area contributed by atoms with Crippen LogP contribution in [-0.4, -0.2) is 30.1 Å². The average molecular weight is 389 g/mol. The molecule has 28 heavy (non-hydrogen) atoms. The molecular weight excluding hydrogens is 358 g/mol. The first-order valence-electron chi connectivity index (χ1n) is 9.32. The third-order valence-electron chi connectivity index (χ3n) is 3.73. The van der Waals surface area contributed by atoms with E-state index in [-0.39, 0.29) is 24.8 Å². The molecule has 0 atom stereocenters. The highest BCUT2D eigenvalue weighted by atomic mass is 16.6. The van der Waals surface area contributed by atoms with Crippen LogP contribution >= 0.6 is 0 Å². The number of hydrogen-bond acceptors (Lipinski definition) is 4. The number of amides is 3. The van der Waals surface area contributed by atoms with E-state index in [1.165, 1.54) is 0 Å². The van der Waals surface area contributed by atoms with E-state index in [2.05, 4.69) is 16.0 Å². The van der Waals surface area contributed by atoms with E-state index in [9.17, 15) is 14.4 Å². The number of rotatable bonds is 7. The van der Waals surface area contributed by atoms with E-state index in [1.807, 2.05) is 20.8 Å². The van der Waals surface area contributed by atoms with Gasteiger partial charge < -0.3 is 20.7 Å². The molecule has 1 rings (SSSR count). The van der Waals surface area contributed by atoms with Crippen LogP contribution < -0.4 is 16.0 Å². The molecule has 0 heterocycles. The lowest BCUT2D eigenvalue weighted by Crippen LogP contribution is -2.34. The van der Waals surface area contributed by atoms with Gasteiger partial charge in [-0.1, -0.05) is 19.4 Å². The average Bonchev–Trinajstić information content (AvgIpc) is 2.54. The van der Waals surface area contributed by atoms with E-state index in [0.717, 1.165) is 5.57 Å². The molecule has 0 saturated carbocycles. The summed E-state index contributed by atoms with van der Waals surface area (Å²) in [6.45, 7) is 11.5. The van der Waals surface area contributed by atoms with Crippen molar-refractivity contribution in [1.29, 1.82) is 0 Å². The Morgan fingerprint density at radius 1 is 1.04 bits per heavy atom. The molecule has 154 valence electrons. The standard InChI is InChI=1S/C21H31N3O4/c1-14(2)15(3)13-19(26)24-17-9-7-16(8-10-17)23-18(25)11-12-22-20(27)28-21(4,5)6/h7-10,13-14H,11-12H2,1-6H3,(H,22,27)(H,23,25)(H,24,26)/b15-13+. The van der Waals surface area contributed by atoms with Crippen molar-refractivity contribution in [3.8, 4) is 0 Å². The second-order valence-electron chi connectivity index (χ2n) is 7.84. The Balaban J connectivity index is 2.43. The second-order valence-corrected chi connectivity index (χ2v) is 7.84. The maximum atomic E-state index is 11.9. The van der Waals surface area contributed by atoms with Gasteiger partial charge in [0.25, 0.3) is 0 Å². The molecule has 0 saturated heterocycles. The van der Waals surface area contributed by atoms with Crippen molar-refractivity contribution in [2.45, 2.75) is 53.6 Å². The first-order chi connectivity index (χ1) is 13.0. The summed E-state index contributed by atoms with van der Waals surface area (Å²) < 4.78 is 5.10. The minimum absolute atomic E-state index is 0.122. The van der Waals surface area contributed by atoms with Gasteiger partial charge in [0.2, 0.25) is 11.8 Å². The van der Waals surface area contributed by atoms with Crippen molar-refractivity contribution in [3.63, 3.8) is 0 Å². The monoisotopic (exact) mass is 389 g/mol. The molecule has 3 amide bonds.